The Morgan fingerprint density at radius 3 is 2.66 bits per heavy atom. The molecule has 0 spiro atoms. The summed E-state index contributed by atoms with van der Waals surface area (Å²) in [6.45, 7) is 0. The number of aryl methyl sites for hydroxylation is 1. The number of hydrogen-bond donors (Lipinski definition) is 2. The van der Waals surface area contributed by atoms with Crippen LogP contribution in [0.1, 0.15) is 18.4 Å². The molecule has 4 rings (SSSR count). The van der Waals surface area contributed by atoms with Gasteiger partial charge in [0.05, 0.1) is 21.2 Å². The summed E-state index contributed by atoms with van der Waals surface area (Å²) in [5, 5.41) is 7.98. The Bertz CT molecular complexity index is 1260. The number of halogens is 1. The molecule has 0 aliphatic carbocycles. The minimum absolute atomic E-state index is 0.201. The van der Waals surface area contributed by atoms with Crippen LogP contribution >= 0.6 is 39.0 Å². The van der Waals surface area contributed by atoms with E-state index in [4.69, 9.17) is 0 Å². The van der Waals surface area contributed by atoms with E-state index in [2.05, 4.69) is 65.1 Å². The van der Waals surface area contributed by atoms with Gasteiger partial charge in [0.1, 0.15) is 9.24 Å². The van der Waals surface area contributed by atoms with E-state index >= 15 is 0 Å². The van der Waals surface area contributed by atoms with Gasteiger partial charge in [-0.15, -0.1) is 23.1 Å². The van der Waals surface area contributed by atoms with Crippen molar-refractivity contribution in [3.63, 3.8) is 0 Å². The Morgan fingerprint density at radius 1 is 1.09 bits per heavy atom. The maximum Gasteiger partial charge on any atom is 0.272 e. The number of nitrogens with one attached hydrogen (secondary N) is 2. The Hall–Kier alpha value is -2.21. The molecule has 0 saturated heterocycles. The third-order valence-electron chi connectivity index (χ3n) is 4.55. The van der Waals surface area contributed by atoms with Crippen LogP contribution in [0.3, 0.4) is 0 Å². The van der Waals surface area contributed by atoms with Crippen LogP contribution in [0.4, 0.5) is 5.82 Å². The van der Waals surface area contributed by atoms with Gasteiger partial charge in [0.2, 0.25) is 0 Å². The van der Waals surface area contributed by atoms with Gasteiger partial charge >= 0.3 is 0 Å². The van der Waals surface area contributed by atoms with E-state index in [1.807, 2.05) is 6.07 Å². The van der Waals surface area contributed by atoms with Crippen molar-refractivity contribution >= 4 is 54.9 Å². The number of unbranched alkanes of at least 4 members (excludes halogenated alkanes) is 1. The van der Waals surface area contributed by atoms with E-state index in [-0.39, 0.29) is 10.0 Å². The molecule has 3 heterocycles. The average Bonchev–Trinajstić information content (AvgIpc) is 3.41. The van der Waals surface area contributed by atoms with Crippen LogP contribution < -0.4 is 4.72 Å². The first-order valence-corrected chi connectivity index (χ1v) is 13.9. The molecule has 7 nitrogen and oxygen atoms in total. The van der Waals surface area contributed by atoms with Crippen molar-refractivity contribution in [2.45, 2.75) is 28.5 Å². The van der Waals surface area contributed by atoms with Gasteiger partial charge in [-0.2, -0.15) is 5.10 Å². The minimum atomic E-state index is -3.77. The molecular weight excluding hydrogens is 530 g/mol. The molecule has 0 aliphatic rings. The summed E-state index contributed by atoms with van der Waals surface area (Å²) in [7, 11) is -3.77. The molecule has 0 aliphatic heterocycles. The number of thioether (sulfide) groups is 1. The fourth-order valence-corrected chi connectivity index (χ4v) is 7.07. The lowest BCUT2D eigenvalue weighted by atomic mass is 10.1. The van der Waals surface area contributed by atoms with E-state index < -0.39 is 10.0 Å². The SMILES string of the molecule is O=S(=O)(Nc1n[nH]c(SCCCCc2ccccc2)c1-c1cnccn1)c1ccc(Br)s1. The molecule has 11 heteroatoms. The lowest BCUT2D eigenvalue weighted by Crippen LogP contribution is -2.12. The van der Waals surface area contributed by atoms with Gasteiger partial charge < -0.3 is 0 Å². The lowest BCUT2D eigenvalue weighted by molar-refractivity contribution is 0.603. The summed E-state index contributed by atoms with van der Waals surface area (Å²) in [5.41, 5.74) is 2.49. The van der Waals surface area contributed by atoms with Crippen molar-refractivity contribution < 1.29 is 8.42 Å². The molecule has 3 aromatic heterocycles. The van der Waals surface area contributed by atoms with Crippen LogP contribution in [-0.2, 0) is 16.4 Å². The first-order chi connectivity index (χ1) is 15.5. The first kappa shape index (κ1) is 23.0. The Balaban J connectivity index is 1.48. The highest BCUT2D eigenvalue weighted by Crippen LogP contribution is 2.36. The second-order valence-electron chi connectivity index (χ2n) is 6.82. The monoisotopic (exact) mass is 549 g/mol. The number of aromatic amines is 1. The molecule has 32 heavy (non-hydrogen) atoms. The molecule has 0 fully saturated rings. The van der Waals surface area contributed by atoms with Gasteiger partial charge in [-0.25, -0.2) is 8.42 Å². The van der Waals surface area contributed by atoms with Gasteiger partial charge in [-0.3, -0.25) is 19.8 Å². The van der Waals surface area contributed by atoms with Gasteiger partial charge in [0.25, 0.3) is 10.0 Å². The number of anilines is 1. The maximum absolute atomic E-state index is 12.8. The van der Waals surface area contributed by atoms with Crippen LogP contribution in [0.15, 0.2) is 74.1 Å². The summed E-state index contributed by atoms with van der Waals surface area (Å²) in [6, 6.07) is 13.7. The predicted molar refractivity (Wildman–Crippen MR) is 133 cm³/mol. The summed E-state index contributed by atoms with van der Waals surface area (Å²) in [6.07, 6.45) is 7.87. The molecule has 0 atom stereocenters. The van der Waals surface area contributed by atoms with Crippen molar-refractivity contribution in [2.75, 3.05) is 10.5 Å². The highest BCUT2D eigenvalue weighted by Gasteiger charge is 2.23. The van der Waals surface area contributed by atoms with Crippen molar-refractivity contribution in [1.82, 2.24) is 20.2 Å². The van der Waals surface area contributed by atoms with Gasteiger partial charge in [0.15, 0.2) is 5.82 Å². The highest BCUT2D eigenvalue weighted by atomic mass is 79.9. The average molecular weight is 551 g/mol. The second-order valence-corrected chi connectivity index (χ2v) is 12.3. The third kappa shape index (κ3) is 5.77. The van der Waals surface area contributed by atoms with E-state index in [9.17, 15) is 8.42 Å². The molecular formula is C21H20BrN5O2S3. The van der Waals surface area contributed by atoms with Crippen LogP contribution in [0, 0.1) is 0 Å². The maximum atomic E-state index is 12.8. The van der Waals surface area contributed by atoms with E-state index in [0.717, 1.165) is 45.2 Å². The number of nitrogens with zero attached hydrogens (tertiary/aromatic N) is 3. The van der Waals surface area contributed by atoms with E-state index in [1.54, 1.807) is 42.5 Å². The number of sulfonamides is 1. The number of hydrogen-bond acceptors (Lipinski definition) is 7. The zero-order valence-electron chi connectivity index (χ0n) is 16.9. The van der Waals surface area contributed by atoms with Crippen molar-refractivity contribution in [3.8, 4) is 11.3 Å². The van der Waals surface area contributed by atoms with Crippen LogP contribution in [-0.4, -0.2) is 34.3 Å². The number of aromatic nitrogens is 4. The Labute approximate surface area is 203 Å². The van der Waals surface area contributed by atoms with Crippen LogP contribution in [0.25, 0.3) is 11.3 Å². The fraction of sp³-hybridized carbons (Fsp3) is 0.190. The minimum Gasteiger partial charge on any atom is -0.269 e. The molecule has 0 saturated carbocycles. The topological polar surface area (TPSA) is 101 Å². The summed E-state index contributed by atoms with van der Waals surface area (Å²) in [4.78, 5) is 8.49. The standard InChI is InChI=1S/C21H20BrN5O2S3/c22-17-9-10-18(31-17)32(28,29)27-20-19(16-14-23-11-12-24-16)21(26-25-20)30-13-5-4-8-15-6-2-1-3-7-15/h1-3,6-7,9-12,14H,4-5,8,13H2,(H2,25,26,27). The number of rotatable bonds is 10. The van der Waals surface area contributed by atoms with Gasteiger partial charge in [-0.05, 0) is 58.6 Å². The zero-order chi connectivity index (χ0) is 22.4. The van der Waals surface area contributed by atoms with Gasteiger partial charge in [0, 0.05) is 12.4 Å². The Kier molecular flexibility index (Phi) is 7.61. The molecule has 0 amide bonds. The smallest absolute Gasteiger partial charge is 0.269 e. The van der Waals surface area contributed by atoms with Crippen molar-refractivity contribution in [3.05, 3.63) is 70.4 Å². The molecule has 166 valence electrons. The third-order valence-corrected chi connectivity index (χ3v) is 9.08. The summed E-state index contributed by atoms with van der Waals surface area (Å²) >= 11 is 6.04. The lowest BCUT2D eigenvalue weighted by Gasteiger charge is -2.07. The number of thiophene rings is 1. The van der Waals surface area contributed by atoms with E-state index in [0.29, 0.717) is 11.3 Å². The zero-order valence-corrected chi connectivity index (χ0v) is 20.9. The number of H-pyrrole nitrogens is 1. The van der Waals surface area contributed by atoms with E-state index in [1.165, 1.54) is 5.56 Å². The Morgan fingerprint density at radius 2 is 1.94 bits per heavy atom. The molecule has 4 aromatic rings. The highest BCUT2D eigenvalue weighted by molar-refractivity contribution is 9.11. The van der Waals surface area contributed by atoms with Gasteiger partial charge in [-0.1, -0.05) is 30.3 Å². The summed E-state index contributed by atoms with van der Waals surface area (Å²) in [5.74, 6) is 1.08. The van der Waals surface area contributed by atoms with Crippen LogP contribution in [0.2, 0.25) is 0 Å². The summed E-state index contributed by atoms with van der Waals surface area (Å²) < 4.78 is 29.2. The predicted octanol–water partition coefficient (Wildman–Crippen LogP) is 5.61. The molecule has 1 aromatic carbocycles. The largest absolute Gasteiger partial charge is 0.272 e. The van der Waals surface area contributed by atoms with Crippen molar-refractivity contribution in [1.29, 1.82) is 0 Å². The normalized spacial score (nSPS) is 11.5. The quantitative estimate of drug-likeness (QED) is 0.197. The first-order valence-electron chi connectivity index (χ1n) is 9.82. The van der Waals surface area contributed by atoms with Crippen LogP contribution in [0.5, 0.6) is 0 Å². The number of benzene rings is 1. The fourth-order valence-electron chi connectivity index (χ4n) is 3.04. The second kappa shape index (κ2) is 10.6. The molecule has 0 bridgehead atoms. The molecule has 2 N–H and O–H groups in total. The molecule has 0 radical (unpaired) electrons. The molecule has 0 unspecified atom stereocenters. The van der Waals surface area contributed by atoms with Crippen molar-refractivity contribution in [2.24, 2.45) is 0 Å².